The molecule has 0 aliphatic carbocycles. The summed E-state index contributed by atoms with van der Waals surface area (Å²) in [5.74, 6) is 0.249. The Morgan fingerprint density at radius 3 is 2.50 bits per heavy atom. The molecule has 2 nitrogen and oxygen atoms in total. The van der Waals surface area contributed by atoms with Gasteiger partial charge in [0.2, 0.25) is 5.91 Å². The van der Waals surface area contributed by atoms with Crippen LogP contribution in [0.4, 0.5) is 5.69 Å². The Labute approximate surface area is 92.0 Å². The van der Waals surface area contributed by atoms with E-state index in [0.29, 0.717) is 6.42 Å². The Hall–Kier alpha value is -0.830. The van der Waals surface area contributed by atoms with Gasteiger partial charge in [-0.2, -0.15) is 0 Å². The Balaban J connectivity index is 2.20. The molecular formula is C11H12BrNO. The van der Waals surface area contributed by atoms with Crippen LogP contribution in [-0.2, 0) is 4.79 Å². The van der Waals surface area contributed by atoms with Crippen LogP contribution in [-0.4, -0.2) is 12.5 Å². The maximum absolute atomic E-state index is 11.6. The normalized spacial score (nSPS) is 17.2. The molecule has 1 fully saturated rings. The van der Waals surface area contributed by atoms with Gasteiger partial charge in [-0.1, -0.05) is 15.9 Å². The number of amides is 1. The molecule has 2 rings (SSSR count). The fraction of sp³-hybridized carbons (Fsp3) is 0.364. The van der Waals surface area contributed by atoms with Crippen molar-refractivity contribution >= 4 is 27.5 Å². The average Bonchev–Trinajstić information content (AvgIpc) is 2.20. The van der Waals surface area contributed by atoms with E-state index in [-0.39, 0.29) is 5.91 Å². The number of benzene rings is 1. The molecule has 1 heterocycles. The molecule has 0 saturated carbocycles. The maximum Gasteiger partial charge on any atom is 0.226 e. The molecule has 1 aliphatic rings. The molecule has 0 N–H and O–H groups in total. The van der Waals surface area contributed by atoms with Gasteiger partial charge in [0.1, 0.15) is 0 Å². The summed E-state index contributed by atoms with van der Waals surface area (Å²) in [6.45, 7) is 0.862. The molecule has 1 aromatic carbocycles. The van der Waals surface area contributed by atoms with Gasteiger partial charge in [0.05, 0.1) is 0 Å². The van der Waals surface area contributed by atoms with E-state index < -0.39 is 0 Å². The Morgan fingerprint density at radius 1 is 1.14 bits per heavy atom. The monoisotopic (exact) mass is 253 g/mol. The van der Waals surface area contributed by atoms with E-state index in [9.17, 15) is 4.79 Å². The third kappa shape index (κ3) is 1.98. The highest BCUT2D eigenvalue weighted by Crippen LogP contribution is 2.22. The fourth-order valence-electron chi connectivity index (χ4n) is 1.70. The van der Waals surface area contributed by atoms with Gasteiger partial charge in [-0.05, 0) is 37.1 Å². The molecule has 0 spiro atoms. The zero-order valence-electron chi connectivity index (χ0n) is 7.87. The SMILES string of the molecule is O=C1CCCCN1c1ccc(Br)cc1. The lowest BCUT2D eigenvalue weighted by atomic mass is 10.1. The minimum atomic E-state index is 0.249. The fourth-order valence-corrected chi connectivity index (χ4v) is 1.96. The zero-order valence-corrected chi connectivity index (χ0v) is 9.46. The highest BCUT2D eigenvalue weighted by molar-refractivity contribution is 9.10. The van der Waals surface area contributed by atoms with Crippen LogP contribution in [0.25, 0.3) is 0 Å². The van der Waals surface area contributed by atoms with Crippen LogP contribution in [0.3, 0.4) is 0 Å². The summed E-state index contributed by atoms with van der Waals surface area (Å²) in [5.41, 5.74) is 1.01. The second kappa shape index (κ2) is 4.13. The highest BCUT2D eigenvalue weighted by Gasteiger charge is 2.18. The lowest BCUT2D eigenvalue weighted by molar-refractivity contribution is -0.119. The molecule has 1 amide bonds. The number of carbonyl (C=O) groups is 1. The summed E-state index contributed by atoms with van der Waals surface area (Å²) in [6, 6.07) is 7.90. The lowest BCUT2D eigenvalue weighted by Crippen LogP contribution is -2.35. The summed E-state index contributed by atoms with van der Waals surface area (Å²) < 4.78 is 1.05. The van der Waals surface area contributed by atoms with Crippen molar-refractivity contribution in [2.24, 2.45) is 0 Å². The van der Waals surface area contributed by atoms with E-state index in [1.54, 1.807) is 0 Å². The Morgan fingerprint density at radius 2 is 1.86 bits per heavy atom. The van der Waals surface area contributed by atoms with Gasteiger partial charge in [-0.3, -0.25) is 4.79 Å². The third-order valence-corrected chi connectivity index (χ3v) is 2.99. The van der Waals surface area contributed by atoms with Gasteiger partial charge < -0.3 is 4.90 Å². The smallest absolute Gasteiger partial charge is 0.226 e. The van der Waals surface area contributed by atoms with Crippen molar-refractivity contribution in [3.63, 3.8) is 0 Å². The first-order chi connectivity index (χ1) is 6.77. The number of rotatable bonds is 1. The van der Waals surface area contributed by atoms with Crippen LogP contribution in [0.1, 0.15) is 19.3 Å². The van der Waals surface area contributed by atoms with Crippen LogP contribution < -0.4 is 4.90 Å². The van der Waals surface area contributed by atoms with Gasteiger partial charge in [0.25, 0.3) is 0 Å². The third-order valence-electron chi connectivity index (χ3n) is 2.46. The number of halogens is 1. The summed E-state index contributed by atoms with van der Waals surface area (Å²) >= 11 is 3.38. The van der Waals surface area contributed by atoms with Gasteiger partial charge in [0, 0.05) is 23.1 Å². The van der Waals surface area contributed by atoms with Crippen molar-refractivity contribution < 1.29 is 4.79 Å². The molecule has 74 valence electrons. The molecule has 0 unspecified atom stereocenters. The number of anilines is 1. The standard InChI is InChI=1S/C11H12BrNO/c12-9-4-6-10(7-5-9)13-8-2-1-3-11(13)14/h4-7H,1-3,8H2. The van der Waals surface area contributed by atoms with E-state index in [2.05, 4.69) is 15.9 Å². The molecule has 1 aromatic rings. The molecule has 0 aromatic heterocycles. The first-order valence-corrected chi connectivity index (χ1v) is 5.62. The van der Waals surface area contributed by atoms with E-state index in [4.69, 9.17) is 0 Å². The molecular weight excluding hydrogens is 242 g/mol. The van der Waals surface area contributed by atoms with E-state index in [1.807, 2.05) is 29.2 Å². The van der Waals surface area contributed by atoms with E-state index in [0.717, 1.165) is 29.5 Å². The van der Waals surface area contributed by atoms with Crippen molar-refractivity contribution in [3.05, 3.63) is 28.7 Å². The summed E-state index contributed by atoms with van der Waals surface area (Å²) in [5, 5.41) is 0. The molecule has 0 bridgehead atoms. The van der Waals surface area contributed by atoms with E-state index >= 15 is 0 Å². The lowest BCUT2D eigenvalue weighted by Gasteiger charge is -2.26. The van der Waals surface area contributed by atoms with Gasteiger partial charge >= 0.3 is 0 Å². The predicted molar refractivity (Wildman–Crippen MR) is 60.3 cm³/mol. The van der Waals surface area contributed by atoms with Gasteiger partial charge in [0.15, 0.2) is 0 Å². The predicted octanol–water partition coefficient (Wildman–Crippen LogP) is 2.97. The molecule has 0 atom stereocenters. The van der Waals surface area contributed by atoms with Crippen LogP contribution in [0.5, 0.6) is 0 Å². The molecule has 1 aliphatic heterocycles. The van der Waals surface area contributed by atoms with Crippen molar-refractivity contribution in [3.8, 4) is 0 Å². The zero-order chi connectivity index (χ0) is 9.97. The number of nitrogens with zero attached hydrogens (tertiary/aromatic N) is 1. The van der Waals surface area contributed by atoms with Crippen LogP contribution in [0.2, 0.25) is 0 Å². The van der Waals surface area contributed by atoms with Crippen molar-refractivity contribution in [1.29, 1.82) is 0 Å². The second-order valence-electron chi connectivity index (χ2n) is 3.48. The first-order valence-electron chi connectivity index (χ1n) is 4.83. The average molecular weight is 254 g/mol. The van der Waals surface area contributed by atoms with Gasteiger partial charge in [-0.15, -0.1) is 0 Å². The first kappa shape index (κ1) is 9.71. The Kier molecular flexibility index (Phi) is 2.87. The van der Waals surface area contributed by atoms with E-state index in [1.165, 1.54) is 0 Å². The second-order valence-corrected chi connectivity index (χ2v) is 4.39. The van der Waals surface area contributed by atoms with Crippen molar-refractivity contribution in [1.82, 2.24) is 0 Å². The summed E-state index contributed by atoms with van der Waals surface area (Å²) in [6.07, 6.45) is 2.84. The molecule has 1 saturated heterocycles. The minimum Gasteiger partial charge on any atom is -0.312 e. The number of carbonyl (C=O) groups excluding carboxylic acids is 1. The number of hydrogen-bond donors (Lipinski definition) is 0. The number of hydrogen-bond acceptors (Lipinski definition) is 1. The quantitative estimate of drug-likeness (QED) is 0.754. The number of piperidine rings is 1. The maximum atomic E-state index is 11.6. The summed E-state index contributed by atoms with van der Waals surface area (Å²) in [4.78, 5) is 13.5. The highest BCUT2D eigenvalue weighted by atomic mass is 79.9. The minimum absolute atomic E-state index is 0.249. The van der Waals surface area contributed by atoms with Crippen molar-refractivity contribution in [2.45, 2.75) is 19.3 Å². The largest absolute Gasteiger partial charge is 0.312 e. The van der Waals surface area contributed by atoms with Crippen LogP contribution in [0.15, 0.2) is 28.7 Å². The van der Waals surface area contributed by atoms with Crippen LogP contribution in [0, 0.1) is 0 Å². The van der Waals surface area contributed by atoms with Crippen molar-refractivity contribution in [2.75, 3.05) is 11.4 Å². The van der Waals surface area contributed by atoms with Gasteiger partial charge in [-0.25, -0.2) is 0 Å². The topological polar surface area (TPSA) is 20.3 Å². The molecule has 3 heteroatoms. The molecule has 14 heavy (non-hydrogen) atoms. The summed E-state index contributed by atoms with van der Waals surface area (Å²) in [7, 11) is 0. The van der Waals surface area contributed by atoms with Crippen LogP contribution >= 0.6 is 15.9 Å². The Bertz CT molecular complexity index is 334. The molecule has 0 radical (unpaired) electrons.